The van der Waals surface area contributed by atoms with Gasteiger partial charge in [0.1, 0.15) is 11.6 Å². The van der Waals surface area contributed by atoms with Crippen LogP contribution in [0.25, 0.3) is 6.08 Å². The second-order valence-corrected chi connectivity index (χ2v) is 6.53. The number of nitrogens with zero attached hydrogens (tertiary/aromatic N) is 3. The molecule has 1 N–H and O–H groups in total. The van der Waals surface area contributed by atoms with Gasteiger partial charge in [-0.25, -0.2) is 14.2 Å². The number of imidazole rings is 1. The van der Waals surface area contributed by atoms with Gasteiger partial charge in [-0.1, -0.05) is 18.2 Å². The number of benzene rings is 1. The third-order valence-electron chi connectivity index (χ3n) is 4.38. The van der Waals surface area contributed by atoms with Gasteiger partial charge in [-0.15, -0.1) is 0 Å². The van der Waals surface area contributed by atoms with E-state index < -0.39 is 5.97 Å². The molecule has 0 unspecified atom stereocenters. The molecule has 0 saturated heterocycles. The SMILES string of the molecule is C/C=C/c1cc(C(=O)O)cc(CCCc2nccn2Cc2ccc(F)cc2)n1. The zero-order valence-electron chi connectivity index (χ0n) is 15.7. The Morgan fingerprint density at radius 3 is 2.71 bits per heavy atom. The lowest BCUT2D eigenvalue weighted by atomic mass is 10.1. The predicted molar refractivity (Wildman–Crippen MR) is 106 cm³/mol. The van der Waals surface area contributed by atoms with Gasteiger partial charge in [-0.2, -0.15) is 0 Å². The van der Waals surface area contributed by atoms with Crippen molar-refractivity contribution in [3.63, 3.8) is 0 Å². The molecule has 0 radical (unpaired) electrons. The largest absolute Gasteiger partial charge is 0.478 e. The second kappa shape index (κ2) is 9.08. The highest BCUT2D eigenvalue weighted by atomic mass is 19.1. The molecule has 6 heteroatoms. The van der Waals surface area contributed by atoms with Crippen molar-refractivity contribution >= 4 is 12.0 Å². The molecule has 2 heterocycles. The highest BCUT2D eigenvalue weighted by Gasteiger charge is 2.09. The molecule has 0 spiro atoms. The summed E-state index contributed by atoms with van der Waals surface area (Å²) in [5, 5.41) is 9.28. The maximum Gasteiger partial charge on any atom is 0.335 e. The van der Waals surface area contributed by atoms with Crippen LogP contribution in [0.2, 0.25) is 0 Å². The van der Waals surface area contributed by atoms with Gasteiger partial charge in [-0.3, -0.25) is 4.98 Å². The highest BCUT2D eigenvalue weighted by Crippen LogP contribution is 2.13. The standard InChI is InChI=1S/C22H22FN3O2/c1-2-4-19-13-17(22(27)28)14-20(25-19)5-3-6-21-24-11-12-26(21)15-16-7-9-18(23)10-8-16/h2,4,7-14H,3,5-6,15H2,1H3,(H,27,28)/b4-2+. The summed E-state index contributed by atoms with van der Waals surface area (Å²) >= 11 is 0. The van der Waals surface area contributed by atoms with E-state index in [0.717, 1.165) is 29.9 Å². The Balaban J connectivity index is 1.65. The Kier molecular flexibility index (Phi) is 6.32. The van der Waals surface area contributed by atoms with Gasteiger partial charge in [0.2, 0.25) is 0 Å². The van der Waals surface area contributed by atoms with Crippen LogP contribution >= 0.6 is 0 Å². The summed E-state index contributed by atoms with van der Waals surface area (Å²) in [6.07, 6.45) is 9.50. The summed E-state index contributed by atoms with van der Waals surface area (Å²) in [7, 11) is 0. The van der Waals surface area contributed by atoms with E-state index in [1.165, 1.54) is 12.1 Å². The first-order valence-electron chi connectivity index (χ1n) is 9.16. The molecular formula is C22H22FN3O2. The van der Waals surface area contributed by atoms with Gasteiger partial charge < -0.3 is 9.67 Å². The molecule has 0 aliphatic heterocycles. The van der Waals surface area contributed by atoms with Gasteiger partial charge in [0.15, 0.2) is 0 Å². The number of carbonyl (C=O) groups is 1. The number of carboxylic acids is 1. The van der Waals surface area contributed by atoms with Crippen molar-refractivity contribution in [1.29, 1.82) is 0 Å². The number of allylic oxidation sites excluding steroid dienone is 1. The monoisotopic (exact) mass is 379 g/mol. The van der Waals surface area contributed by atoms with Gasteiger partial charge in [0, 0.05) is 31.1 Å². The molecule has 0 amide bonds. The zero-order chi connectivity index (χ0) is 19.9. The maximum atomic E-state index is 13.1. The van der Waals surface area contributed by atoms with Crippen molar-refractivity contribution in [3.05, 3.63) is 89.0 Å². The smallest absolute Gasteiger partial charge is 0.335 e. The Morgan fingerprint density at radius 2 is 2.00 bits per heavy atom. The van der Waals surface area contributed by atoms with Crippen molar-refractivity contribution in [1.82, 2.24) is 14.5 Å². The molecule has 28 heavy (non-hydrogen) atoms. The molecule has 0 aliphatic carbocycles. The van der Waals surface area contributed by atoms with E-state index in [-0.39, 0.29) is 11.4 Å². The molecule has 2 aromatic heterocycles. The predicted octanol–water partition coefficient (Wildman–Crippen LogP) is 4.37. The van der Waals surface area contributed by atoms with Crippen LogP contribution in [0.3, 0.4) is 0 Å². The lowest BCUT2D eigenvalue weighted by Crippen LogP contribution is -2.06. The normalized spacial score (nSPS) is 11.2. The summed E-state index contributed by atoms with van der Waals surface area (Å²) in [6.45, 7) is 2.50. The molecule has 0 aliphatic rings. The van der Waals surface area contributed by atoms with Gasteiger partial charge in [0.05, 0.1) is 11.3 Å². The number of aromatic carboxylic acids is 1. The van der Waals surface area contributed by atoms with Gasteiger partial charge >= 0.3 is 5.97 Å². The first kappa shape index (κ1) is 19.5. The van der Waals surface area contributed by atoms with Crippen molar-refractivity contribution in [2.75, 3.05) is 0 Å². The first-order valence-corrected chi connectivity index (χ1v) is 9.16. The molecular weight excluding hydrogens is 357 g/mol. The van der Waals surface area contributed by atoms with Crippen LogP contribution in [0, 0.1) is 5.82 Å². The minimum Gasteiger partial charge on any atom is -0.478 e. The number of carboxylic acid groups (broad SMARTS) is 1. The van der Waals surface area contributed by atoms with E-state index in [1.54, 1.807) is 36.5 Å². The Morgan fingerprint density at radius 1 is 1.21 bits per heavy atom. The Bertz CT molecular complexity index is 978. The number of hydrogen-bond donors (Lipinski definition) is 1. The number of pyridine rings is 1. The summed E-state index contributed by atoms with van der Waals surface area (Å²) < 4.78 is 15.1. The van der Waals surface area contributed by atoms with Crippen molar-refractivity contribution in [2.24, 2.45) is 0 Å². The molecule has 3 aromatic rings. The molecule has 0 fully saturated rings. The van der Waals surface area contributed by atoms with Gasteiger partial charge in [0.25, 0.3) is 0 Å². The van der Waals surface area contributed by atoms with Crippen LogP contribution in [-0.4, -0.2) is 25.6 Å². The fourth-order valence-corrected chi connectivity index (χ4v) is 3.04. The molecule has 0 bridgehead atoms. The summed E-state index contributed by atoms with van der Waals surface area (Å²) in [5.41, 5.74) is 2.66. The molecule has 5 nitrogen and oxygen atoms in total. The number of halogens is 1. The lowest BCUT2D eigenvalue weighted by Gasteiger charge is -2.09. The van der Waals surface area contributed by atoms with Crippen LogP contribution in [0.5, 0.6) is 0 Å². The van der Waals surface area contributed by atoms with Crippen LogP contribution in [0.4, 0.5) is 4.39 Å². The third kappa shape index (κ3) is 5.13. The third-order valence-corrected chi connectivity index (χ3v) is 4.38. The van der Waals surface area contributed by atoms with E-state index in [9.17, 15) is 14.3 Å². The van der Waals surface area contributed by atoms with E-state index >= 15 is 0 Å². The fraction of sp³-hybridized carbons (Fsp3) is 0.227. The molecule has 0 atom stereocenters. The molecule has 3 rings (SSSR count). The van der Waals surface area contributed by atoms with E-state index in [4.69, 9.17) is 0 Å². The molecule has 1 aromatic carbocycles. The number of rotatable bonds is 8. The average molecular weight is 379 g/mol. The number of aryl methyl sites for hydroxylation is 2. The van der Waals surface area contributed by atoms with Crippen LogP contribution < -0.4 is 0 Å². The van der Waals surface area contributed by atoms with Crippen LogP contribution in [0.15, 0.2) is 54.9 Å². The zero-order valence-corrected chi connectivity index (χ0v) is 15.7. The minimum absolute atomic E-state index is 0.246. The molecule has 144 valence electrons. The fourth-order valence-electron chi connectivity index (χ4n) is 3.04. The van der Waals surface area contributed by atoms with Crippen molar-refractivity contribution in [3.8, 4) is 0 Å². The van der Waals surface area contributed by atoms with E-state index in [1.807, 2.05) is 23.8 Å². The maximum absolute atomic E-state index is 13.1. The highest BCUT2D eigenvalue weighted by molar-refractivity contribution is 5.88. The van der Waals surface area contributed by atoms with Crippen LogP contribution in [0.1, 0.15) is 46.5 Å². The number of hydrogen-bond acceptors (Lipinski definition) is 3. The second-order valence-electron chi connectivity index (χ2n) is 6.53. The summed E-state index contributed by atoms with van der Waals surface area (Å²) in [5.74, 6) is -0.264. The first-order chi connectivity index (χ1) is 13.5. The van der Waals surface area contributed by atoms with E-state index in [2.05, 4.69) is 9.97 Å². The minimum atomic E-state index is -0.954. The lowest BCUT2D eigenvalue weighted by molar-refractivity contribution is 0.0696. The number of aromatic nitrogens is 3. The van der Waals surface area contributed by atoms with E-state index in [0.29, 0.717) is 18.7 Å². The quantitative estimate of drug-likeness (QED) is 0.631. The Hall–Kier alpha value is -3.28. The summed E-state index contributed by atoms with van der Waals surface area (Å²) in [4.78, 5) is 20.2. The summed E-state index contributed by atoms with van der Waals surface area (Å²) in [6, 6.07) is 9.64. The molecule has 0 saturated carbocycles. The van der Waals surface area contributed by atoms with Gasteiger partial charge in [-0.05, 0) is 55.7 Å². The van der Waals surface area contributed by atoms with Crippen molar-refractivity contribution in [2.45, 2.75) is 32.7 Å². The van der Waals surface area contributed by atoms with Crippen LogP contribution in [-0.2, 0) is 19.4 Å². The Labute approximate surface area is 163 Å². The average Bonchev–Trinajstić information content (AvgIpc) is 3.11. The topological polar surface area (TPSA) is 68.0 Å². The van der Waals surface area contributed by atoms with Crippen molar-refractivity contribution < 1.29 is 14.3 Å².